The number of carbonyl (C=O) groups is 2. The topological polar surface area (TPSA) is 58.6 Å². The van der Waals surface area contributed by atoms with Gasteiger partial charge in [0.05, 0.1) is 18.4 Å². The van der Waals surface area contributed by atoms with Crippen LogP contribution in [-0.2, 0) is 9.59 Å². The average molecular weight is 419 g/mol. The van der Waals surface area contributed by atoms with E-state index in [4.69, 9.17) is 16.3 Å². The van der Waals surface area contributed by atoms with E-state index in [0.717, 1.165) is 0 Å². The van der Waals surface area contributed by atoms with Gasteiger partial charge in [-0.2, -0.15) is 0 Å². The van der Waals surface area contributed by atoms with Gasteiger partial charge in [0.2, 0.25) is 0 Å². The smallest absolute Gasteiger partial charge is 0.282 e. The summed E-state index contributed by atoms with van der Waals surface area (Å²) in [6.07, 6.45) is 0. The number of halogens is 1. The summed E-state index contributed by atoms with van der Waals surface area (Å²) in [7, 11) is 1.57. The number of benzene rings is 3. The zero-order valence-corrected chi connectivity index (χ0v) is 17.2. The molecule has 150 valence electrons. The molecule has 5 nitrogen and oxygen atoms in total. The van der Waals surface area contributed by atoms with Gasteiger partial charge in [-0.25, -0.2) is 4.90 Å². The van der Waals surface area contributed by atoms with Crippen LogP contribution in [0.15, 0.2) is 78.5 Å². The van der Waals surface area contributed by atoms with Gasteiger partial charge in [-0.05, 0) is 42.3 Å². The van der Waals surface area contributed by atoms with E-state index in [1.54, 1.807) is 44.4 Å². The van der Waals surface area contributed by atoms with Gasteiger partial charge in [-0.15, -0.1) is 0 Å². The SMILES string of the molecule is COc1cccc(NC2=C(c3ccccc3)C(=O)N(c3cccc(Cl)c3C)C2=O)c1. The van der Waals surface area contributed by atoms with E-state index < -0.39 is 11.8 Å². The van der Waals surface area contributed by atoms with Crippen molar-refractivity contribution in [2.24, 2.45) is 0 Å². The molecular formula is C24H19ClN2O3. The lowest BCUT2D eigenvalue weighted by atomic mass is 10.0. The molecule has 2 amide bonds. The Morgan fingerprint density at radius 1 is 0.900 bits per heavy atom. The van der Waals surface area contributed by atoms with E-state index in [1.807, 2.05) is 42.5 Å². The number of rotatable bonds is 5. The van der Waals surface area contributed by atoms with Crippen LogP contribution in [0.4, 0.5) is 11.4 Å². The van der Waals surface area contributed by atoms with Crippen molar-refractivity contribution in [1.82, 2.24) is 0 Å². The van der Waals surface area contributed by atoms with E-state index in [0.29, 0.717) is 38.8 Å². The molecule has 0 spiro atoms. The highest BCUT2D eigenvalue weighted by Gasteiger charge is 2.41. The summed E-state index contributed by atoms with van der Waals surface area (Å²) < 4.78 is 5.27. The molecular weight excluding hydrogens is 400 g/mol. The second-order valence-corrected chi connectivity index (χ2v) is 7.21. The van der Waals surface area contributed by atoms with Crippen LogP contribution in [0.25, 0.3) is 5.57 Å². The fourth-order valence-corrected chi connectivity index (χ4v) is 3.59. The monoisotopic (exact) mass is 418 g/mol. The first-order valence-corrected chi connectivity index (χ1v) is 9.73. The highest BCUT2D eigenvalue weighted by molar-refractivity contribution is 6.46. The molecule has 1 N–H and O–H groups in total. The number of carbonyl (C=O) groups excluding carboxylic acids is 2. The molecule has 3 aromatic carbocycles. The van der Waals surface area contributed by atoms with Crippen molar-refractivity contribution in [3.63, 3.8) is 0 Å². The predicted molar refractivity (Wildman–Crippen MR) is 119 cm³/mol. The highest BCUT2D eigenvalue weighted by atomic mass is 35.5. The van der Waals surface area contributed by atoms with Crippen molar-refractivity contribution >= 4 is 40.4 Å². The molecule has 3 aromatic rings. The number of imide groups is 1. The van der Waals surface area contributed by atoms with Gasteiger partial charge in [-0.1, -0.05) is 54.1 Å². The zero-order chi connectivity index (χ0) is 21.3. The predicted octanol–water partition coefficient (Wildman–Crippen LogP) is 5.05. The van der Waals surface area contributed by atoms with Crippen molar-refractivity contribution in [1.29, 1.82) is 0 Å². The largest absolute Gasteiger partial charge is 0.497 e. The fraction of sp³-hybridized carbons (Fsp3) is 0.0833. The molecule has 0 bridgehead atoms. The van der Waals surface area contributed by atoms with Gasteiger partial charge < -0.3 is 10.1 Å². The van der Waals surface area contributed by atoms with Crippen LogP contribution < -0.4 is 15.0 Å². The third-order valence-corrected chi connectivity index (χ3v) is 5.37. The van der Waals surface area contributed by atoms with Crippen molar-refractivity contribution in [2.75, 3.05) is 17.3 Å². The minimum Gasteiger partial charge on any atom is -0.497 e. The molecule has 6 heteroatoms. The highest BCUT2D eigenvalue weighted by Crippen LogP contribution is 2.36. The van der Waals surface area contributed by atoms with Crippen LogP contribution in [0.1, 0.15) is 11.1 Å². The molecule has 0 aliphatic carbocycles. The Hall–Kier alpha value is -3.57. The van der Waals surface area contributed by atoms with E-state index in [-0.39, 0.29) is 5.70 Å². The van der Waals surface area contributed by atoms with Crippen LogP contribution in [0, 0.1) is 6.92 Å². The van der Waals surface area contributed by atoms with Gasteiger partial charge in [0.1, 0.15) is 11.4 Å². The van der Waals surface area contributed by atoms with Crippen LogP contribution in [-0.4, -0.2) is 18.9 Å². The number of hydrogen-bond donors (Lipinski definition) is 1. The molecule has 0 saturated heterocycles. The number of anilines is 2. The molecule has 1 heterocycles. The van der Waals surface area contributed by atoms with Crippen LogP contribution in [0.3, 0.4) is 0 Å². The molecule has 30 heavy (non-hydrogen) atoms. The van der Waals surface area contributed by atoms with E-state index in [2.05, 4.69) is 5.32 Å². The summed E-state index contributed by atoms with van der Waals surface area (Å²) >= 11 is 6.25. The second-order valence-electron chi connectivity index (χ2n) is 6.80. The fourth-order valence-electron chi connectivity index (χ4n) is 3.42. The molecule has 1 aliphatic rings. The maximum absolute atomic E-state index is 13.4. The van der Waals surface area contributed by atoms with Crippen LogP contribution >= 0.6 is 11.6 Å². The molecule has 0 unspecified atom stereocenters. The molecule has 0 fully saturated rings. The Labute approximate surface area is 179 Å². The zero-order valence-electron chi connectivity index (χ0n) is 16.5. The Balaban J connectivity index is 1.84. The first-order valence-electron chi connectivity index (χ1n) is 9.36. The first kappa shape index (κ1) is 19.7. The summed E-state index contributed by atoms with van der Waals surface area (Å²) in [6, 6.07) is 21.5. The Morgan fingerprint density at radius 2 is 1.63 bits per heavy atom. The lowest BCUT2D eigenvalue weighted by molar-refractivity contribution is -0.120. The van der Waals surface area contributed by atoms with Gasteiger partial charge in [0.15, 0.2) is 0 Å². The Kier molecular flexibility index (Phi) is 5.29. The number of amides is 2. The normalized spacial score (nSPS) is 13.8. The quantitative estimate of drug-likeness (QED) is 0.589. The molecule has 4 rings (SSSR count). The minimum atomic E-state index is -0.438. The molecule has 0 atom stereocenters. The number of nitrogens with one attached hydrogen (secondary N) is 1. The van der Waals surface area contributed by atoms with Crippen molar-refractivity contribution in [3.8, 4) is 5.75 Å². The molecule has 0 aromatic heterocycles. The third kappa shape index (κ3) is 3.44. The van der Waals surface area contributed by atoms with Crippen LogP contribution in [0.2, 0.25) is 5.02 Å². The molecule has 0 radical (unpaired) electrons. The Morgan fingerprint density at radius 3 is 2.37 bits per heavy atom. The second kappa shape index (κ2) is 8.05. The summed E-state index contributed by atoms with van der Waals surface area (Å²) in [5, 5.41) is 3.62. The molecule has 0 saturated carbocycles. The summed E-state index contributed by atoms with van der Waals surface area (Å²) in [5.74, 6) is -0.199. The maximum atomic E-state index is 13.4. The van der Waals surface area contributed by atoms with E-state index >= 15 is 0 Å². The standard InChI is InChI=1S/C24H19ClN2O3/c1-15-19(25)12-7-13-20(15)27-23(28)21(16-8-4-3-5-9-16)22(24(27)29)26-17-10-6-11-18(14-17)30-2/h3-14,26H,1-2H3. The van der Waals surface area contributed by atoms with Gasteiger partial charge in [0.25, 0.3) is 11.8 Å². The maximum Gasteiger partial charge on any atom is 0.282 e. The lowest BCUT2D eigenvalue weighted by Crippen LogP contribution is -2.33. The first-order chi connectivity index (χ1) is 14.5. The third-order valence-electron chi connectivity index (χ3n) is 4.97. The van der Waals surface area contributed by atoms with Crippen LogP contribution in [0.5, 0.6) is 5.75 Å². The van der Waals surface area contributed by atoms with Gasteiger partial charge in [-0.3, -0.25) is 9.59 Å². The van der Waals surface area contributed by atoms with E-state index in [1.165, 1.54) is 4.90 Å². The van der Waals surface area contributed by atoms with Crippen molar-refractivity contribution in [3.05, 3.63) is 94.6 Å². The molecule has 1 aliphatic heterocycles. The summed E-state index contributed by atoms with van der Waals surface area (Å²) in [5.41, 5.74) is 2.94. The summed E-state index contributed by atoms with van der Waals surface area (Å²) in [6.45, 7) is 1.79. The van der Waals surface area contributed by atoms with Crippen molar-refractivity contribution in [2.45, 2.75) is 6.92 Å². The lowest BCUT2D eigenvalue weighted by Gasteiger charge is -2.18. The minimum absolute atomic E-state index is 0.207. The van der Waals surface area contributed by atoms with Gasteiger partial charge >= 0.3 is 0 Å². The summed E-state index contributed by atoms with van der Waals surface area (Å²) in [4.78, 5) is 28.0. The number of hydrogen-bond acceptors (Lipinski definition) is 4. The van der Waals surface area contributed by atoms with E-state index in [9.17, 15) is 9.59 Å². The number of nitrogens with zero attached hydrogens (tertiary/aromatic N) is 1. The average Bonchev–Trinajstić information content (AvgIpc) is 3.00. The number of methoxy groups -OCH3 is 1. The van der Waals surface area contributed by atoms with Crippen molar-refractivity contribution < 1.29 is 14.3 Å². The van der Waals surface area contributed by atoms with Gasteiger partial charge in [0, 0.05) is 16.8 Å². The number of ether oxygens (including phenoxy) is 1. The Bertz CT molecular complexity index is 1170.